The van der Waals surface area contributed by atoms with Crippen molar-refractivity contribution >= 4 is 17.9 Å². The number of carboxylic acid groups (broad SMARTS) is 1. The summed E-state index contributed by atoms with van der Waals surface area (Å²) < 4.78 is 10.5. The molecule has 0 amide bonds. The summed E-state index contributed by atoms with van der Waals surface area (Å²) in [6.45, 7) is 4.22. The average molecular weight is 474 g/mol. The molecule has 0 bridgehead atoms. The number of carboxylic acids is 1. The Morgan fingerprint density at radius 2 is 1.45 bits per heavy atom. The Morgan fingerprint density at radius 1 is 0.879 bits per heavy atom. The molecule has 0 radical (unpaired) electrons. The quantitative estimate of drug-likeness (QED) is 0.177. The maximum atomic E-state index is 12.3. The van der Waals surface area contributed by atoms with Gasteiger partial charge in [0.2, 0.25) is 0 Å². The van der Waals surface area contributed by atoms with Crippen LogP contribution < -0.4 is 0 Å². The maximum Gasteiger partial charge on any atom is 0.320 e. The van der Waals surface area contributed by atoms with Gasteiger partial charge in [-0.25, -0.2) is 0 Å². The zero-order valence-corrected chi connectivity index (χ0v) is 21.1. The topological polar surface area (TPSA) is 113 Å². The maximum absolute atomic E-state index is 12.3. The third kappa shape index (κ3) is 20.7. The number of aliphatic carboxylic acids is 1. The number of rotatable bonds is 22. The Balaban J connectivity index is 4.16. The van der Waals surface area contributed by atoms with Gasteiger partial charge in [0.15, 0.2) is 0 Å². The average Bonchev–Trinajstić information content (AvgIpc) is 2.73. The summed E-state index contributed by atoms with van der Waals surface area (Å²) in [6, 6.07) is 0. The molecule has 0 heterocycles. The Kier molecular flexibility index (Phi) is 19.8. The van der Waals surface area contributed by atoms with Crippen molar-refractivity contribution in [2.45, 2.75) is 116 Å². The summed E-state index contributed by atoms with van der Waals surface area (Å²) in [5.41, 5.74) is 0. The number of nitrogens with zero attached hydrogens (tertiary/aromatic N) is 1. The highest BCUT2D eigenvalue weighted by Crippen LogP contribution is 2.17. The highest BCUT2D eigenvalue weighted by Gasteiger charge is 2.23. The van der Waals surface area contributed by atoms with Crippen molar-refractivity contribution < 1.29 is 34.1 Å². The van der Waals surface area contributed by atoms with E-state index in [1.165, 1.54) is 6.92 Å². The van der Waals surface area contributed by atoms with Crippen LogP contribution in [0.25, 0.3) is 0 Å². The van der Waals surface area contributed by atoms with Gasteiger partial charge in [0.25, 0.3) is 0 Å². The third-order valence-corrected chi connectivity index (χ3v) is 5.62. The second kappa shape index (κ2) is 20.9. The van der Waals surface area contributed by atoms with Crippen molar-refractivity contribution in [3.8, 4) is 0 Å². The standard InChI is InChI=1S/C25H47NO7/c1-4-5-12-16-23(33-25(31)20-26(3)18-19-32-21(2)27)22(28)15-13-10-8-6-7-9-11-14-17-24(29)30/h22-23,28H,4-20H2,1-3H3,(H,29,30). The van der Waals surface area contributed by atoms with E-state index in [1.807, 2.05) is 0 Å². The molecular formula is C25H47NO7. The monoisotopic (exact) mass is 473 g/mol. The first kappa shape index (κ1) is 31.3. The van der Waals surface area contributed by atoms with Gasteiger partial charge in [-0.15, -0.1) is 0 Å². The van der Waals surface area contributed by atoms with Crippen LogP contribution in [-0.2, 0) is 23.9 Å². The molecule has 33 heavy (non-hydrogen) atoms. The molecule has 0 aliphatic rings. The lowest BCUT2D eigenvalue weighted by Gasteiger charge is -2.25. The minimum absolute atomic E-state index is 0.0880. The van der Waals surface area contributed by atoms with Crippen LogP contribution in [-0.4, -0.2) is 72.0 Å². The summed E-state index contributed by atoms with van der Waals surface area (Å²) in [4.78, 5) is 35.4. The number of carbonyl (C=O) groups is 3. The summed E-state index contributed by atoms with van der Waals surface area (Å²) in [7, 11) is 1.76. The Morgan fingerprint density at radius 3 is 2.03 bits per heavy atom. The second-order valence-electron chi connectivity index (χ2n) is 8.93. The van der Waals surface area contributed by atoms with Crippen LogP contribution in [0, 0.1) is 0 Å². The highest BCUT2D eigenvalue weighted by molar-refractivity contribution is 5.71. The lowest BCUT2D eigenvalue weighted by atomic mass is 10.00. The van der Waals surface area contributed by atoms with E-state index in [9.17, 15) is 19.5 Å². The van der Waals surface area contributed by atoms with Crippen LogP contribution in [0.15, 0.2) is 0 Å². The molecule has 2 unspecified atom stereocenters. The van der Waals surface area contributed by atoms with Crippen molar-refractivity contribution in [2.24, 2.45) is 0 Å². The number of esters is 2. The summed E-state index contributed by atoms with van der Waals surface area (Å²) >= 11 is 0. The van der Waals surface area contributed by atoms with Crippen LogP contribution in [0.4, 0.5) is 0 Å². The fraction of sp³-hybridized carbons (Fsp3) is 0.880. The van der Waals surface area contributed by atoms with Crippen molar-refractivity contribution in [3.05, 3.63) is 0 Å². The molecule has 0 saturated carbocycles. The van der Waals surface area contributed by atoms with E-state index in [2.05, 4.69) is 6.92 Å². The molecule has 0 aromatic heterocycles. The molecule has 0 fully saturated rings. The lowest BCUT2D eigenvalue weighted by Crippen LogP contribution is -2.36. The minimum atomic E-state index is -0.724. The van der Waals surface area contributed by atoms with E-state index >= 15 is 0 Å². The molecule has 8 heteroatoms. The molecule has 2 atom stereocenters. The Hall–Kier alpha value is -1.67. The number of unbranched alkanes of at least 4 members (excludes halogenated alkanes) is 9. The van der Waals surface area contributed by atoms with Crippen LogP contribution >= 0.6 is 0 Å². The van der Waals surface area contributed by atoms with Gasteiger partial charge in [-0.3, -0.25) is 19.3 Å². The molecule has 0 saturated heterocycles. The van der Waals surface area contributed by atoms with Gasteiger partial charge < -0.3 is 19.7 Å². The molecule has 2 N–H and O–H groups in total. The number of hydrogen-bond acceptors (Lipinski definition) is 7. The number of aliphatic hydroxyl groups is 1. The van der Waals surface area contributed by atoms with E-state index in [4.69, 9.17) is 14.6 Å². The minimum Gasteiger partial charge on any atom is -0.481 e. The van der Waals surface area contributed by atoms with Gasteiger partial charge in [0.05, 0.1) is 12.6 Å². The van der Waals surface area contributed by atoms with Gasteiger partial charge in [-0.05, 0) is 32.7 Å². The van der Waals surface area contributed by atoms with Gasteiger partial charge in [0, 0.05) is 19.9 Å². The Labute approximate surface area is 200 Å². The highest BCUT2D eigenvalue weighted by atomic mass is 16.6. The number of ether oxygens (including phenoxy) is 2. The van der Waals surface area contributed by atoms with Crippen molar-refractivity contribution in [1.82, 2.24) is 4.90 Å². The predicted molar refractivity (Wildman–Crippen MR) is 128 cm³/mol. The first-order valence-electron chi connectivity index (χ1n) is 12.7. The molecule has 0 aromatic rings. The second-order valence-corrected chi connectivity index (χ2v) is 8.93. The zero-order chi connectivity index (χ0) is 24.9. The molecule has 194 valence electrons. The Bertz CT molecular complexity index is 527. The largest absolute Gasteiger partial charge is 0.481 e. The van der Waals surface area contributed by atoms with Crippen molar-refractivity contribution in [3.63, 3.8) is 0 Å². The molecule has 0 aliphatic carbocycles. The van der Waals surface area contributed by atoms with E-state index in [1.54, 1.807) is 11.9 Å². The number of carbonyl (C=O) groups excluding carboxylic acids is 2. The normalized spacial score (nSPS) is 13.0. The van der Waals surface area contributed by atoms with Crippen molar-refractivity contribution in [2.75, 3.05) is 26.7 Å². The summed E-state index contributed by atoms with van der Waals surface area (Å²) in [5.74, 6) is -1.44. The van der Waals surface area contributed by atoms with E-state index in [0.29, 0.717) is 19.4 Å². The smallest absolute Gasteiger partial charge is 0.320 e. The van der Waals surface area contributed by atoms with Gasteiger partial charge >= 0.3 is 17.9 Å². The number of likely N-dealkylation sites (N-methyl/N-ethyl adjacent to an activating group) is 1. The number of aliphatic hydroxyl groups excluding tert-OH is 1. The third-order valence-electron chi connectivity index (χ3n) is 5.62. The summed E-state index contributed by atoms with van der Waals surface area (Å²) in [6.07, 6.45) is 11.4. The van der Waals surface area contributed by atoms with Crippen LogP contribution in [0.2, 0.25) is 0 Å². The molecule has 8 nitrogen and oxygen atoms in total. The van der Waals surface area contributed by atoms with E-state index in [-0.39, 0.29) is 31.5 Å². The molecule has 0 rings (SSSR count). The van der Waals surface area contributed by atoms with E-state index < -0.39 is 18.2 Å². The molecule has 0 aliphatic heterocycles. The van der Waals surface area contributed by atoms with Crippen LogP contribution in [0.3, 0.4) is 0 Å². The van der Waals surface area contributed by atoms with Crippen LogP contribution in [0.5, 0.6) is 0 Å². The van der Waals surface area contributed by atoms with Crippen molar-refractivity contribution in [1.29, 1.82) is 0 Å². The van der Waals surface area contributed by atoms with Gasteiger partial charge in [-0.1, -0.05) is 64.7 Å². The SMILES string of the molecule is CCCCCC(OC(=O)CN(C)CCOC(C)=O)C(O)CCCCCCCCCCC(=O)O. The first-order valence-corrected chi connectivity index (χ1v) is 12.7. The fourth-order valence-electron chi connectivity index (χ4n) is 3.65. The van der Waals surface area contributed by atoms with Gasteiger partial charge in [0.1, 0.15) is 12.7 Å². The first-order chi connectivity index (χ1) is 15.8. The fourth-order valence-corrected chi connectivity index (χ4v) is 3.65. The summed E-state index contributed by atoms with van der Waals surface area (Å²) in [5, 5.41) is 19.3. The molecule has 0 aromatic carbocycles. The molecule has 0 spiro atoms. The molecular weight excluding hydrogens is 426 g/mol. The lowest BCUT2D eigenvalue weighted by molar-refractivity contribution is -0.157. The zero-order valence-electron chi connectivity index (χ0n) is 21.1. The van der Waals surface area contributed by atoms with Gasteiger partial charge in [-0.2, -0.15) is 0 Å². The van der Waals surface area contributed by atoms with Crippen LogP contribution in [0.1, 0.15) is 104 Å². The number of hydrogen-bond donors (Lipinski definition) is 2. The predicted octanol–water partition coefficient (Wildman–Crippen LogP) is 4.32. The van der Waals surface area contributed by atoms with E-state index in [0.717, 1.165) is 70.6 Å².